The maximum atomic E-state index is 11.7. The molecule has 2 rings (SSSR count). The van der Waals surface area contributed by atoms with Crippen molar-refractivity contribution in [3.05, 3.63) is 22.7 Å². The number of rotatable bonds is 2. The molecule has 1 aliphatic heterocycles. The number of aliphatic hydroxyl groups excluding tert-OH is 1. The first-order chi connectivity index (χ1) is 8.37. The van der Waals surface area contributed by atoms with Gasteiger partial charge in [0, 0.05) is 12.1 Å². The molecule has 1 aliphatic rings. The molecule has 7 nitrogen and oxygen atoms in total. The zero-order valence-electron chi connectivity index (χ0n) is 10.3. The molecule has 0 saturated carbocycles. The lowest BCUT2D eigenvalue weighted by molar-refractivity contribution is -0.0917. The molecule has 2 heterocycles. The fourth-order valence-corrected chi connectivity index (χ4v) is 2.18. The van der Waals surface area contributed by atoms with Crippen LogP contribution in [0.1, 0.15) is 20.1 Å². The van der Waals surface area contributed by atoms with E-state index in [1.807, 2.05) is 0 Å². The number of aliphatic hydroxyl groups is 2. The Morgan fingerprint density at radius 2 is 2.33 bits per heavy atom. The summed E-state index contributed by atoms with van der Waals surface area (Å²) >= 11 is 0. The first-order valence-corrected chi connectivity index (χ1v) is 5.71. The summed E-state index contributed by atoms with van der Waals surface area (Å²) in [6.07, 6.45) is 0.0238. The summed E-state index contributed by atoms with van der Waals surface area (Å²) < 4.78 is 6.71. The van der Waals surface area contributed by atoms with Crippen molar-refractivity contribution < 1.29 is 14.9 Å². The van der Waals surface area contributed by atoms with Crippen molar-refractivity contribution in [1.82, 2.24) is 9.55 Å². The minimum absolute atomic E-state index is 0.112. The lowest BCUT2D eigenvalue weighted by atomic mass is 9.88. The number of hydrogen-bond donors (Lipinski definition) is 3. The van der Waals surface area contributed by atoms with E-state index < -0.39 is 23.6 Å². The van der Waals surface area contributed by atoms with E-state index in [4.69, 9.17) is 10.5 Å². The van der Waals surface area contributed by atoms with E-state index in [1.54, 1.807) is 13.8 Å². The van der Waals surface area contributed by atoms with Crippen LogP contribution in [0.25, 0.3) is 0 Å². The highest BCUT2D eigenvalue weighted by Gasteiger charge is 2.51. The molecule has 0 bridgehead atoms. The monoisotopic (exact) mass is 255 g/mol. The number of anilines is 1. The summed E-state index contributed by atoms with van der Waals surface area (Å²) in [7, 11) is 0. The Morgan fingerprint density at radius 3 is 2.83 bits per heavy atom. The standard InChI is InChI=1S/C11H17N3O4/c1-6-7(5-15)18-9(11(6,2)17)14-4-3-8(12)13-10(14)16/h3-4,6-7,9,15,17H,5H2,1-2H3,(H2,12,13,16)/t6-,7-,9-,11-/m1/s1. The third-order valence-corrected chi connectivity index (χ3v) is 3.57. The zero-order valence-corrected chi connectivity index (χ0v) is 10.3. The first kappa shape index (κ1) is 13.0. The Balaban J connectivity index is 2.42. The summed E-state index contributed by atoms with van der Waals surface area (Å²) in [6, 6.07) is 1.46. The van der Waals surface area contributed by atoms with Crippen LogP contribution in [0.4, 0.5) is 5.82 Å². The minimum atomic E-state index is -1.27. The van der Waals surface area contributed by atoms with Gasteiger partial charge >= 0.3 is 5.69 Å². The second kappa shape index (κ2) is 4.34. The van der Waals surface area contributed by atoms with E-state index >= 15 is 0 Å². The topological polar surface area (TPSA) is 111 Å². The van der Waals surface area contributed by atoms with Crippen LogP contribution in [0.5, 0.6) is 0 Å². The SMILES string of the molecule is C[C@@H]1[C@@H](CO)O[C@@H](n2ccc(N)nc2=O)[C@]1(C)O. The largest absolute Gasteiger partial charge is 0.394 e. The Morgan fingerprint density at radius 1 is 1.67 bits per heavy atom. The van der Waals surface area contributed by atoms with Crippen molar-refractivity contribution in [2.45, 2.75) is 31.8 Å². The van der Waals surface area contributed by atoms with Crippen molar-refractivity contribution in [1.29, 1.82) is 0 Å². The van der Waals surface area contributed by atoms with Gasteiger partial charge in [0.1, 0.15) is 11.4 Å². The molecule has 100 valence electrons. The second-order valence-electron chi connectivity index (χ2n) is 4.77. The summed E-state index contributed by atoms with van der Waals surface area (Å²) in [5.74, 6) is -0.197. The lowest BCUT2D eigenvalue weighted by Crippen LogP contribution is -2.42. The van der Waals surface area contributed by atoms with Crippen LogP contribution in [0, 0.1) is 5.92 Å². The molecule has 18 heavy (non-hydrogen) atoms. The van der Waals surface area contributed by atoms with Gasteiger partial charge in [-0.15, -0.1) is 0 Å². The van der Waals surface area contributed by atoms with Crippen molar-refractivity contribution >= 4 is 5.82 Å². The fourth-order valence-electron chi connectivity index (χ4n) is 2.18. The molecule has 4 atom stereocenters. The molecule has 1 aromatic rings. The summed E-state index contributed by atoms with van der Waals surface area (Å²) in [6.45, 7) is 3.11. The van der Waals surface area contributed by atoms with E-state index in [-0.39, 0.29) is 18.3 Å². The summed E-state index contributed by atoms with van der Waals surface area (Å²) in [5.41, 5.74) is 3.55. The molecular formula is C11H17N3O4. The van der Waals surface area contributed by atoms with Crippen LogP contribution < -0.4 is 11.4 Å². The molecule has 0 aliphatic carbocycles. The Bertz CT molecular complexity index is 499. The quantitative estimate of drug-likeness (QED) is 0.631. The molecule has 1 fully saturated rings. The lowest BCUT2D eigenvalue weighted by Gasteiger charge is -2.28. The van der Waals surface area contributed by atoms with Gasteiger partial charge in [0.05, 0.1) is 12.7 Å². The van der Waals surface area contributed by atoms with Gasteiger partial charge in [0.25, 0.3) is 0 Å². The van der Waals surface area contributed by atoms with Crippen molar-refractivity contribution in [2.24, 2.45) is 5.92 Å². The maximum absolute atomic E-state index is 11.7. The van der Waals surface area contributed by atoms with Crippen LogP contribution in [0.2, 0.25) is 0 Å². The van der Waals surface area contributed by atoms with E-state index in [0.29, 0.717) is 0 Å². The first-order valence-electron chi connectivity index (χ1n) is 5.71. The van der Waals surface area contributed by atoms with Gasteiger partial charge in [-0.25, -0.2) is 4.79 Å². The van der Waals surface area contributed by atoms with Crippen molar-refractivity contribution in [3.63, 3.8) is 0 Å². The molecule has 0 unspecified atom stereocenters. The Hall–Kier alpha value is -1.44. The molecule has 7 heteroatoms. The number of hydrogen-bond acceptors (Lipinski definition) is 6. The third kappa shape index (κ3) is 1.90. The number of nitrogen functional groups attached to an aromatic ring is 1. The van der Waals surface area contributed by atoms with Crippen LogP contribution in [-0.4, -0.2) is 38.1 Å². The molecule has 0 radical (unpaired) electrons. The Kier molecular flexibility index (Phi) is 3.14. The fraction of sp³-hybridized carbons (Fsp3) is 0.636. The van der Waals surface area contributed by atoms with Crippen molar-refractivity contribution in [3.8, 4) is 0 Å². The van der Waals surface area contributed by atoms with Gasteiger partial charge in [-0.2, -0.15) is 4.98 Å². The molecule has 1 saturated heterocycles. The highest BCUT2D eigenvalue weighted by Crippen LogP contribution is 2.41. The van der Waals surface area contributed by atoms with E-state index in [0.717, 1.165) is 0 Å². The molecule has 0 aromatic carbocycles. The predicted octanol–water partition coefficient (Wildman–Crippen LogP) is -0.898. The summed E-state index contributed by atoms with van der Waals surface area (Å²) in [4.78, 5) is 15.3. The van der Waals surface area contributed by atoms with Gasteiger partial charge in [-0.1, -0.05) is 6.92 Å². The van der Waals surface area contributed by atoms with Gasteiger partial charge in [-0.3, -0.25) is 4.57 Å². The number of nitrogens with zero attached hydrogens (tertiary/aromatic N) is 2. The van der Waals surface area contributed by atoms with E-state index in [9.17, 15) is 15.0 Å². The van der Waals surface area contributed by atoms with Crippen LogP contribution in [0.15, 0.2) is 17.1 Å². The van der Waals surface area contributed by atoms with Gasteiger partial charge in [0.15, 0.2) is 6.23 Å². The second-order valence-corrected chi connectivity index (χ2v) is 4.77. The highest BCUT2D eigenvalue weighted by molar-refractivity contribution is 5.23. The number of aromatic nitrogens is 2. The smallest absolute Gasteiger partial charge is 0.351 e. The molecule has 0 amide bonds. The van der Waals surface area contributed by atoms with Crippen LogP contribution in [-0.2, 0) is 4.74 Å². The Labute approximate surface area is 104 Å². The van der Waals surface area contributed by atoms with Crippen LogP contribution >= 0.6 is 0 Å². The van der Waals surface area contributed by atoms with Crippen LogP contribution in [0.3, 0.4) is 0 Å². The van der Waals surface area contributed by atoms with E-state index in [2.05, 4.69) is 4.98 Å². The third-order valence-electron chi connectivity index (χ3n) is 3.57. The number of nitrogens with two attached hydrogens (primary N) is 1. The van der Waals surface area contributed by atoms with Crippen molar-refractivity contribution in [2.75, 3.05) is 12.3 Å². The number of ether oxygens (including phenoxy) is 1. The zero-order chi connectivity index (χ0) is 13.5. The minimum Gasteiger partial charge on any atom is -0.394 e. The van der Waals surface area contributed by atoms with Gasteiger partial charge in [-0.05, 0) is 13.0 Å². The molecule has 1 aromatic heterocycles. The normalized spacial score (nSPS) is 35.9. The predicted molar refractivity (Wildman–Crippen MR) is 63.7 cm³/mol. The molecule has 0 spiro atoms. The highest BCUT2D eigenvalue weighted by atomic mass is 16.5. The van der Waals surface area contributed by atoms with Gasteiger partial charge in [0.2, 0.25) is 0 Å². The maximum Gasteiger partial charge on any atom is 0.351 e. The molecule has 4 N–H and O–H groups in total. The average molecular weight is 255 g/mol. The van der Waals surface area contributed by atoms with Gasteiger partial charge < -0.3 is 20.7 Å². The summed E-state index contributed by atoms with van der Waals surface area (Å²) in [5, 5.41) is 19.6. The van der Waals surface area contributed by atoms with E-state index in [1.165, 1.54) is 16.8 Å². The molecular weight excluding hydrogens is 238 g/mol. The average Bonchev–Trinajstić information content (AvgIpc) is 2.52.